The number of hydrogen-bond donors (Lipinski definition) is 1. The number of aryl methyl sites for hydroxylation is 1. The van der Waals surface area contributed by atoms with Gasteiger partial charge in [-0.2, -0.15) is 0 Å². The topological polar surface area (TPSA) is 81.4 Å². The van der Waals surface area contributed by atoms with Crippen molar-refractivity contribution in [1.82, 2.24) is 9.55 Å². The van der Waals surface area contributed by atoms with Crippen LogP contribution in [0.3, 0.4) is 0 Å². The largest absolute Gasteiger partial charge is 0.479 e. The van der Waals surface area contributed by atoms with Crippen molar-refractivity contribution < 1.29 is 19.4 Å². The van der Waals surface area contributed by atoms with E-state index in [0.717, 1.165) is 27.9 Å². The normalized spacial score (nSPS) is 12.1. The van der Waals surface area contributed by atoms with Gasteiger partial charge in [-0.25, -0.2) is 9.78 Å². The molecule has 1 N–H and O–H groups in total. The first-order chi connectivity index (χ1) is 17.4. The Labute approximate surface area is 210 Å². The number of benzene rings is 3. The van der Waals surface area contributed by atoms with E-state index in [-0.39, 0.29) is 12.4 Å². The second kappa shape index (κ2) is 11.4. The van der Waals surface area contributed by atoms with Crippen LogP contribution in [0, 0.1) is 6.92 Å². The standard InChI is InChI=1S/C30H28N2O4/c1-21-13-15-26(16-14-21)28(33)29-31-27(25-11-4-3-5-12-25)19-32(29)17-7-10-23-8-6-9-24(18-23)20-36-22(2)30(34)35/h3-16,18-19,22H,17,20H2,1-2H3,(H,34,35)/b10-7+/t22-/m1/s1. The number of nitrogens with zero attached hydrogens (tertiary/aromatic N) is 2. The molecule has 4 rings (SSSR count). The van der Waals surface area contributed by atoms with Gasteiger partial charge in [0.2, 0.25) is 5.78 Å². The number of carboxylic acid groups (broad SMARTS) is 1. The van der Waals surface area contributed by atoms with Crippen molar-refractivity contribution >= 4 is 17.8 Å². The van der Waals surface area contributed by atoms with Crippen LogP contribution in [0.1, 0.15) is 39.8 Å². The molecule has 0 bridgehead atoms. The summed E-state index contributed by atoms with van der Waals surface area (Å²) in [5.74, 6) is -0.735. The molecule has 6 heteroatoms. The van der Waals surface area contributed by atoms with Gasteiger partial charge < -0.3 is 14.4 Å². The van der Waals surface area contributed by atoms with Crippen LogP contribution in [0.2, 0.25) is 0 Å². The van der Waals surface area contributed by atoms with E-state index < -0.39 is 12.1 Å². The number of carboxylic acids is 1. The summed E-state index contributed by atoms with van der Waals surface area (Å²) >= 11 is 0. The van der Waals surface area contributed by atoms with Crippen LogP contribution in [0.5, 0.6) is 0 Å². The first-order valence-electron chi connectivity index (χ1n) is 11.7. The summed E-state index contributed by atoms with van der Waals surface area (Å²) in [5.41, 5.74) is 5.21. The minimum atomic E-state index is -0.989. The molecule has 0 saturated carbocycles. The Hall–Kier alpha value is -4.29. The number of imidazole rings is 1. The third kappa shape index (κ3) is 6.23. The Morgan fingerprint density at radius 2 is 1.78 bits per heavy atom. The molecule has 6 nitrogen and oxygen atoms in total. The summed E-state index contributed by atoms with van der Waals surface area (Å²) in [6.07, 6.45) is 4.97. The molecule has 0 aliphatic heterocycles. The molecule has 0 radical (unpaired) electrons. The number of hydrogen-bond acceptors (Lipinski definition) is 4. The van der Waals surface area contributed by atoms with Gasteiger partial charge in [0.1, 0.15) is 0 Å². The van der Waals surface area contributed by atoms with Crippen molar-refractivity contribution in [3.63, 3.8) is 0 Å². The zero-order valence-electron chi connectivity index (χ0n) is 20.3. The number of carbonyl (C=O) groups excluding carboxylic acids is 1. The Morgan fingerprint density at radius 1 is 1.03 bits per heavy atom. The van der Waals surface area contributed by atoms with Gasteiger partial charge >= 0.3 is 5.97 Å². The number of ketones is 1. The molecule has 0 unspecified atom stereocenters. The van der Waals surface area contributed by atoms with Crippen molar-refractivity contribution in [2.75, 3.05) is 0 Å². The van der Waals surface area contributed by atoms with E-state index in [2.05, 4.69) is 4.98 Å². The predicted molar refractivity (Wildman–Crippen MR) is 140 cm³/mol. The molecule has 182 valence electrons. The highest BCUT2D eigenvalue weighted by molar-refractivity contribution is 6.07. The maximum Gasteiger partial charge on any atom is 0.332 e. The summed E-state index contributed by atoms with van der Waals surface area (Å²) in [7, 11) is 0. The van der Waals surface area contributed by atoms with E-state index in [4.69, 9.17) is 9.84 Å². The number of allylic oxidation sites excluding steroid dienone is 1. The Kier molecular flexibility index (Phi) is 7.88. The van der Waals surface area contributed by atoms with Crippen molar-refractivity contribution in [2.45, 2.75) is 33.1 Å². The minimum Gasteiger partial charge on any atom is -0.479 e. The summed E-state index contributed by atoms with van der Waals surface area (Å²) < 4.78 is 7.24. The van der Waals surface area contributed by atoms with Crippen molar-refractivity contribution in [3.05, 3.63) is 119 Å². The number of aliphatic carboxylic acids is 1. The molecule has 3 aromatic carbocycles. The van der Waals surface area contributed by atoms with E-state index in [1.807, 2.05) is 109 Å². The highest BCUT2D eigenvalue weighted by Crippen LogP contribution is 2.21. The summed E-state index contributed by atoms with van der Waals surface area (Å²) in [4.78, 5) is 29.0. The lowest BCUT2D eigenvalue weighted by Gasteiger charge is -2.09. The van der Waals surface area contributed by atoms with Gasteiger partial charge in [0.15, 0.2) is 11.9 Å². The maximum atomic E-state index is 13.3. The van der Waals surface area contributed by atoms with Gasteiger partial charge in [-0.1, -0.05) is 90.5 Å². The lowest BCUT2D eigenvalue weighted by molar-refractivity contribution is -0.149. The van der Waals surface area contributed by atoms with Gasteiger partial charge in [0.25, 0.3) is 0 Å². The summed E-state index contributed by atoms with van der Waals surface area (Å²) in [6, 6.07) is 25.0. The zero-order chi connectivity index (χ0) is 25.5. The van der Waals surface area contributed by atoms with Crippen molar-refractivity contribution in [1.29, 1.82) is 0 Å². The molecule has 1 aromatic heterocycles. The highest BCUT2D eigenvalue weighted by Gasteiger charge is 2.18. The van der Waals surface area contributed by atoms with E-state index in [0.29, 0.717) is 17.9 Å². The Morgan fingerprint density at radius 3 is 2.50 bits per heavy atom. The molecular formula is C30H28N2O4. The first-order valence-corrected chi connectivity index (χ1v) is 11.7. The van der Waals surface area contributed by atoms with Crippen LogP contribution in [0.15, 0.2) is 91.1 Å². The first kappa shape index (κ1) is 24.8. The third-order valence-electron chi connectivity index (χ3n) is 5.77. The lowest BCUT2D eigenvalue weighted by Crippen LogP contribution is -2.19. The van der Waals surface area contributed by atoms with Crippen LogP contribution >= 0.6 is 0 Å². The monoisotopic (exact) mass is 480 g/mol. The maximum absolute atomic E-state index is 13.3. The fraction of sp³-hybridized carbons (Fsp3) is 0.167. The zero-order valence-corrected chi connectivity index (χ0v) is 20.3. The van der Waals surface area contributed by atoms with Crippen molar-refractivity contribution in [2.24, 2.45) is 0 Å². The smallest absolute Gasteiger partial charge is 0.332 e. The fourth-order valence-electron chi connectivity index (χ4n) is 3.70. The average molecular weight is 481 g/mol. The fourth-order valence-corrected chi connectivity index (χ4v) is 3.70. The summed E-state index contributed by atoms with van der Waals surface area (Å²) in [6.45, 7) is 4.17. The van der Waals surface area contributed by atoms with Gasteiger partial charge in [-0.05, 0) is 31.0 Å². The molecule has 1 atom stereocenters. The summed E-state index contributed by atoms with van der Waals surface area (Å²) in [5, 5.41) is 8.99. The van der Waals surface area contributed by atoms with E-state index in [9.17, 15) is 9.59 Å². The van der Waals surface area contributed by atoms with Gasteiger partial charge in [-0.15, -0.1) is 0 Å². The van der Waals surface area contributed by atoms with E-state index >= 15 is 0 Å². The van der Waals surface area contributed by atoms with Crippen LogP contribution in [-0.2, 0) is 22.7 Å². The molecule has 0 aliphatic carbocycles. The van der Waals surface area contributed by atoms with Crippen molar-refractivity contribution in [3.8, 4) is 11.3 Å². The van der Waals surface area contributed by atoms with E-state index in [1.54, 1.807) is 0 Å². The van der Waals surface area contributed by atoms with Gasteiger partial charge in [0.05, 0.1) is 12.3 Å². The quantitative estimate of drug-likeness (QED) is 0.291. The number of ether oxygens (including phenoxy) is 1. The Balaban J connectivity index is 1.55. The second-order valence-electron chi connectivity index (χ2n) is 8.60. The molecule has 0 amide bonds. The second-order valence-corrected chi connectivity index (χ2v) is 8.60. The number of aromatic nitrogens is 2. The van der Waals surface area contributed by atoms with Crippen LogP contribution in [0.25, 0.3) is 17.3 Å². The van der Waals surface area contributed by atoms with Crippen LogP contribution in [-0.4, -0.2) is 32.5 Å². The molecule has 0 saturated heterocycles. The molecule has 4 aromatic rings. The number of carbonyl (C=O) groups is 2. The predicted octanol–water partition coefficient (Wildman–Crippen LogP) is 5.79. The molecule has 1 heterocycles. The molecular weight excluding hydrogens is 452 g/mol. The third-order valence-corrected chi connectivity index (χ3v) is 5.77. The Bertz CT molecular complexity index is 1370. The SMILES string of the molecule is Cc1ccc(C(=O)c2nc(-c3ccccc3)cn2C/C=C/c2cccc(CO[C@H](C)C(=O)O)c2)cc1. The lowest BCUT2D eigenvalue weighted by atomic mass is 10.1. The average Bonchev–Trinajstić information content (AvgIpc) is 3.32. The van der Waals surface area contributed by atoms with E-state index in [1.165, 1.54) is 6.92 Å². The van der Waals surface area contributed by atoms with Crippen LogP contribution in [0.4, 0.5) is 0 Å². The number of rotatable bonds is 10. The molecule has 0 aliphatic rings. The highest BCUT2D eigenvalue weighted by atomic mass is 16.5. The van der Waals surface area contributed by atoms with Gasteiger partial charge in [-0.3, -0.25) is 4.79 Å². The molecule has 36 heavy (non-hydrogen) atoms. The molecule has 0 spiro atoms. The molecule has 0 fully saturated rings. The van der Waals surface area contributed by atoms with Crippen LogP contribution < -0.4 is 0 Å². The van der Waals surface area contributed by atoms with Gasteiger partial charge in [0, 0.05) is 23.9 Å². The minimum absolute atomic E-state index is 0.128.